The third-order valence-electron chi connectivity index (χ3n) is 6.43. The third kappa shape index (κ3) is 5.58. The molecule has 1 fully saturated rings. The number of pyridine rings is 1. The summed E-state index contributed by atoms with van der Waals surface area (Å²) in [4.78, 5) is 40.8. The number of carbonyl (C=O) groups is 2. The molecule has 0 spiro atoms. The molecule has 4 rings (SSSR count). The fourth-order valence-electron chi connectivity index (χ4n) is 4.24. The summed E-state index contributed by atoms with van der Waals surface area (Å²) in [5.74, 6) is 0.302. The molecule has 0 bridgehead atoms. The first kappa shape index (κ1) is 22.5. The number of H-pyrrole nitrogens is 1. The second kappa shape index (κ2) is 9.86. The van der Waals surface area contributed by atoms with Crippen LogP contribution in [0.25, 0.3) is 0 Å². The zero-order valence-corrected chi connectivity index (χ0v) is 19.1. The fraction of sp³-hybridized carbons (Fsp3) is 0.296. The molecule has 2 aromatic carbocycles. The molecule has 3 aromatic rings. The summed E-state index contributed by atoms with van der Waals surface area (Å²) in [5.41, 5.74) is 5.34. The number of aromatic nitrogens is 1. The van der Waals surface area contributed by atoms with Crippen molar-refractivity contribution < 1.29 is 9.59 Å². The van der Waals surface area contributed by atoms with Crippen molar-refractivity contribution in [3.8, 4) is 0 Å². The van der Waals surface area contributed by atoms with Gasteiger partial charge in [-0.1, -0.05) is 18.2 Å². The van der Waals surface area contributed by atoms with Gasteiger partial charge in [0.15, 0.2) is 0 Å². The molecular weight excluding hydrogens is 414 g/mol. The zero-order valence-electron chi connectivity index (χ0n) is 19.1. The van der Waals surface area contributed by atoms with Gasteiger partial charge in [0.05, 0.1) is 5.56 Å². The number of benzene rings is 2. The van der Waals surface area contributed by atoms with Gasteiger partial charge in [-0.3, -0.25) is 14.4 Å². The average molecular weight is 444 g/mol. The SMILES string of the molecule is Cc1ccc(CC2CCN(C(=O)c3ccc(NC(=O)c4ccc(=O)[nH]c4)cc3)CC2)cc1C. The van der Waals surface area contributed by atoms with Crippen molar-refractivity contribution in [1.29, 1.82) is 0 Å². The minimum absolute atomic E-state index is 0.0261. The van der Waals surface area contributed by atoms with Gasteiger partial charge in [-0.05, 0) is 86.1 Å². The number of amides is 2. The lowest BCUT2D eigenvalue weighted by atomic mass is 9.89. The molecule has 0 aliphatic carbocycles. The van der Waals surface area contributed by atoms with Crippen LogP contribution >= 0.6 is 0 Å². The van der Waals surface area contributed by atoms with Crippen LogP contribution in [0.3, 0.4) is 0 Å². The van der Waals surface area contributed by atoms with Crippen molar-refractivity contribution in [2.24, 2.45) is 5.92 Å². The molecule has 1 saturated heterocycles. The Kier molecular flexibility index (Phi) is 6.73. The number of anilines is 1. The Labute approximate surface area is 193 Å². The number of nitrogens with zero attached hydrogens (tertiary/aromatic N) is 1. The van der Waals surface area contributed by atoms with Gasteiger partial charge in [-0.2, -0.15) is 0 Å². The van der Waals surface area contributed by atoms with Gasteiger partial charge in [0.25, 0.3) is 11.8 Å². The van der Waals surface area contributed by atoms with E-state index in [4.69, 9.17) is 0 Å². The van der Waals surface area contributed by atoms with Crippen molar-refractivity contribution in [1.82, 2.24) is 9.88 Å². The second-order valence-corrected chi connectivity index (χ2v) is 8.83. The van der Waals surface area contributed by atoms with E-state index in [9.17, 15) is 14.4 Å². The molecule has 6 heteroatoms. The predicted molar refractivity (Wildman–Crippen MR) is 130 cm³/mol. The van der Waals surface area contributed by atoms with E-state index in [0.717, 1.165) is 32.4 Å². The van der Waals surface area contributed by atoms with Crippen LogP contribution in [0.5, 0.6) is 0 Å². The number of rotatable bonds is 5. The molecule has 0 unspecified atom stereocenters. The van der Waals surface area contributed by atoms with E-state index in [1.54, 1.807) is 24.3 Å². The normalized spacial score (nSPS) is 14.2. The monoisotopic (exact) mass is 443 g/mol. The molecule has 2 amide bonds. The Morgan fingerprint density at radius 1 is 0.939 bits per heavy atom. The highest BCUT2D eigenvalue weighted by Gasteiger charge is 2.24. The zero-order chi connectivity index (χ0) is 23.4. The molecule has 33 heavy (non-hydrogen) atoms. The molecule has 1 aromatic heterocycles. The van der Waals surface area contributed by atoms with Crippen LogP contribution in [0.1, 0.15) is 50.2 Å². The van der Waals surface area contributed by atoms with Crippen molar-refractivity contribution in [3.05, 3.63) is 99.0 Å². The quantitative estimate of drug-likeness (QED) is 0.615. The lowest BCUT2D eigenvalue weighted by Crippen LogP contribution is -2.38. The van der Waals surface area contributed by atoms with E-state index < -0.39 is 0 Å². The molecular formula is C27H29N3O3. The molecule has 6 nitrogen and oxygen atoms in total. The maximum atomic E-state index is 12.9. The topological polar surface area (TPSA) is 82.3 Å². The number of piperidine rings is 1. The van der Waals surface area contributed by atoms with E-state index in [0.29, 0.717) is 22.7 Å². The minimum Gasteiger partial charge on any atom is -0.339 e. The first-order chi connectivity index (χ1) is 15.9. The second-order valence-electron chi connectivity index (χ2n) is 8.83. The first-order valence-electron chi connectivity index (χ1n) is 11.3. The predicted octanol–water partition coefficient (Wildman–Crippen LogP) is 4.34. The van der Waals surface area contributed by atoms with Gasteiger partial charge in [0, 0.05) is 36.6 Å². The number of hydrogen-bond donors (Lipinski definition) is 2. The lowest BCUT2D eigenvalue weighted by Gasteiger charge is -2.32. The molecule has 170 valence electrons. The van der Waals surface area contributed by atoms with Crippen molar-refractivity contribution in [2.45, 2.75) is 33.1 Å². The third-order valence-corrected chi connectivity index (χ3v) is 6.43. The van der Waals surface area contributed by atoms with Crippen LogP contribution in [-0.2, 0) is 6.42 Å². The number of aromatic amines is 1. The summed E-state index contributed by atoms with van der Waals surface area (Å²) < 4.78 is 0. The fourth-order valence-corrected chi connectivity index (χ4v) is 4.24. The van der Waals surface area contributed by atoms with Gasteiger partial charge in [-0.25, -0.2) is 0 Å². The molecule has 0 saturated carbocycles. The summed E-state index contributed by atoms with van der Waals surface area (Å²) >= 11 is 0. The summed E-state index contributed by atoms with van der Waals surface area (Å²) in [5, 5.41) is 2.77. The molecule has 2 heterocycles. The van der Waals surface area contributed by atoms with Crippen molar-refractivity contribution in [2.75, 3.05) is 18.4 Å². The summed E-state index contributed by atoms with van der Waals surface area (Å²) in [6.45, 7) is 5.81. The van der Waals surface area contributed by atoms with Crippen LogP contribution in [0.15, 0.2) is 65.6 Å². The summed E-state index contributed by atoms with van der Waals surface area (Å²) in [7, 11) is 0. The maximum Gasteiger partial charge on any atom is 0.257 e. The van der Waals surface area contributed by atoms with E-state index in [-0.39, 0.29) is 17.4 Å². The largest absolute Gasteiger partial charge is 0.339 e. The first-order valence-corrected chi connectivity index (χ1v) is 11.3. The number of nitrogens with one attached hydrogen (secondary N) is 2. The number of hydrogen-bond acceptors (Lipinski definition) is 3. The Hall–Kier alpha value is -3.67. The van der Waals surface area contributed by atoms with Crippen LogP contribution in [-0.4, -0.2) is 34.8 Å². The lowest BCUT2D eigenvalue weighted by molar-refractivity contribution is 0.0690. The molecule has 1 aliphatic rings. The van der Waals surface area contributed by atoms with Crippen molar-refractivity contribution >= 4 is 17.5 Å². The van der Waals surface area contributed by atoms with Crippen molar-refractivity contribution in [3.63, 3.8) is 0 Å². The maximum absolute atomic E-state index is 12.9. The van der Waals surface area contributed by atoms with Gasteiger partial charge in [0.1, 0.15) is 0 Å². The highest BCUT2D eigenvalue weighted by Crippen LogP contribution is 2.24. The Morgan fingerprint density at radius 2 is 1.64 bits per heavy atom. The van der Waals surface area contributed by atoms with Gasteiger partial charge < -0.3 is 15.2 Å². The van der Waals surface area contributed by atoms with Crippen LogP contribution in [0, 0.1) is 19.8 Å². The number of aryl methyl sites for hydroxylation is 2. The van der Waals surface area contributed by atoms with Crippen LogP contribution in [0.2, 0.25) is 0 Å². The van der Waals surface area contributed by atoms with Gasteiger partial charge in [-0.15, -0.1) is 0 Å². The van der Waals surface area contributed by atoms with Gasteiger partial charge in [0.2, 0.25) is 5.56 Å². The number of likely N-dealkylation sites (tertiary alicyclic amines) is 1. The number of carbonyl (C=O) groups excluding carboxylic acids is 2. The van der Waals surface area contributed by atoms with E-state index in [1.165, 1.54) is 35.0 Å². The highest BCUT2D eigenvalue weighted by molar-refractivity contribution is 6.04. The molecule has 1 aliphatic heterocycles. The molecule has 2 N–H and O–H groups in total. The Balaban J connectivity index is 1.30. The van der Waals surface area contributed by atoms with E-state index in [1.807, 2.05) is 4.90 Å². The Bertz CT molecular complexity index is 1190. The summed E-state index contributed by atoms with van der Waals surface area (Å²) in [6.07, 6.45) is 4.45. The van der Waals surface area contributed by atoms with E-state index >= 15 is 0 Å². The highest BCUT2D eigenvalue weighted by atomic mass is 16.2. The minimum atomic E-state index is -0.323. The standard InChI is InChI=1S/C27H29N3O3/c1-18-3-4-21(15-19(18)2)16-20-11-13-30(14-12-20)27(33)22-5-8-24(9-6-22)29-26(32)23-7-10-25(31)28-17-23/h3-10,15,17,20H,11-14,16H2,1-2H3,(H,28,31)(H,29,32). The summed E-state index contributed by atoms with van der Waals surface area (Å²) in [6, 6.07) is 16.4. The van der Waals surface area contributed by atoms with Crippen LogP contribution in [0.4, 0.5) is 5.69 Å². The molecule has 0 atom stereocenters. The Morgan fingerprint density at radius 3 is 2.27 bits per heavy atom. The van der Waals surface area contributed by atoms with Gasteiger partial charge >= 0.3 is 0 Å². The average Bonchev–Trinajstić information content (AvgIpc) is 2.82. The van der Waals surface area contributed by atoms with E-state index in [2.05, 4.69) is 42.3 Å². The smallest absolute Gasteiger partial charge is 0.257 e. The van der Waals surface area contributed by atoms with Crippen LogP contribution < -0.4 is 10.9 Å². The molecule has 0 radical (unpaired) electrons.